The van der Waals surface area contributed by atoms with Gasteiger partial charge in [0.15, 0.2) is 5.78 Å². The molecule has 0 fully saturated rings. The van der Waals surface area contributed by atoms with Crippen LogP contribution in [0.15, 0.2) is 83.8 Å². The van der Waals surface area contributed by atoms with Gasteiger partial charge in [-0.05, 0) is 35.1 Å². The van der Waals surface area contributed by atoms with E-state index < -0.39 is 10.0 Å². The lowest BCUT2D eigenvalue weighted by Crippen LogP contribution is -2.31. The molecule has 162 valence electrons. The number of ketones is 1. The van der Waals surface area contributed by atoms with Gasteiger partial charge in [0.1, 0.15) is 0 Å². The van der Waals surface area contributed by atoms with Crippen LogP contribution in [0.1, 0.15) is 46.9 Å². The third kappa shape index (κ3) is 6.10. The van der Waals surface area contributed by atoms with Gasteiger partial charge < -0.3 is 5.32 Å². The van der Waals surface area contributed by atoms with E-state index in [9.17, 15) is 13.2 Å². The van der Waals surface area contributed by atoms with Crippen LogP contribution < -0.4 is 10.5 Å². The summed E-state index contributed by atoms with van der Waals surface area (Å²) in [5.41, 5.74) is 2.97. The fourth-order valence-electron chi connectivity index (χ4n) is 3.66. The highest BCUT2D eigenvalue weighted by Gasteiger charge is 2.20. The summed E-state index contributed by atoms with van der Waals surface area (Å²) in [6.07, 6.45) is 0.419. The van der Waals surface area contributed by atoms with E-state index >= 15 is 0 Å². The number of carbonyl (C=O) groups excluding carboxylic acids is 1. The summed E-state index contributed by atoms with van der Waals surface area (Å²) in [7, 11) is -3.97. The molecule has 1 atom stereocenters. The van der Waals surface area contributed by atoms with Crippen LogP contribution in [0, 0.1) is 5.92 Å². The Hall–Kier alpha value is -2.80. The van der Waals surface area contributed by atoms with Crippen LogP contribution in [0.4, 0.5) is 0 Å². The first-order valence-corrected chi connectivity index (χ1v) is 11.8. The lowest BCUT2D eigenvalue weighted by molar-refractivity contribution is 0.0984. The molecule has 0 aliphatic carbocycles. The molecular weight excluding hydrogens is 408 g/mol. The fraction of sp³-hybridized carbons (Fsp3) is 0.240. The summed E-state index contributed by atoms with van der Waals surface area (Å²) in [5, 5.41) is 8.78. The van der Waals surface area contributed by atoms with Gasteiger partial charge in [0.05, 0.1) is 11.4 Å². The average molecular weight is 437 g/mol. The quantitative estimate of drug-likeness (QED) is 0.494. The number of nitrogens with one attached hydrogen (secondary N) is 1. The third-order valence-corrected chi connectivity index (χ3v) is 6.23. The number of hydrogen-bond donors (Lipinski definition) is 2. The summed E-state index contributed by atoms with van der Waals surface area (Å²) < 4.78 is 24.4. The molecule has 3 N–H and O–H groups in total. The third-order valence-electron chi connectivity index (χ3n) is 5.24. The van der Waals surface area contributed by atoms with Crippen molar-refractivity contribution in [2.45, 2.75) is 31.2 Å². The Morgan fingerprint density at radius 1 is 0.935 bits per heavy atom. The highest BCUT2D eigenvalue weighted by molar-refractivity contribution is 7.89. The highest BCUT2D eigenvalue weighted by Crippen LogP contribution is 2.23. The second kappa shape index (κ2) is 10.0. The van der Waals surface area contributed by atoms with Gasteiger partial charge in [-0.2, -0.15) is 0 Å². The Balaban J connectivity index is 1.81. The Kier molecular flexibility index (Phi) is 7.38. The second-order valence-electron chi connectivity index (χ2n) is 7.97. The molecule has 5 nitrogen and oxygen atoms in total. The van der Waals surface area contributed by atoms with Crippen molar-refractivity contribution in [3.8, 4) is 0 Å². The maximum Gasteiger partial charge on any atom is 0.238 e. The zero-order valence-corrected chi connectivity index (χ0v) is 18.6. The molecule has 1 unspecified atom stereocenters. The maximum atomic E-state index is 12.9. The molecule has 3 rings (SSSR count). The van der Waals surface area contributed by atoms with Crippen molar-refractivity contribution in [3.05, 3.63) is 101 Å². The van der Waals surface area contributed by atoms with E-state index in [1.54, 1.807) is 12.1 Å². The minimum absolute atomic E-state index is 0.00864. The number of nitrogens with two attached hydrogens (primary N) is 1. The number of carbonyl (C=O) groups is 1. The van der Waals surface area contributed by atoms with Crippen LogP contribution in [0.3, 0.4) is 0 Å². The SMILES string of the molecule is CC(C)C(NCC(=O)c1ccc(Cc2ccccc2)c(S(N)(=O)=O)c1)c1ccccc1. The fourth-order valence-corrected chi connectivity index (χ4v) is 4.46. The molecular formula is C25H28N2O3S. The molecule has 0 aliphatic rings. The number of benzene rings is 3. The molecule has 6 heteroatoms. The molecule has 0 aliphatic heterocycles. The number of hydrogen-bond acceptors (Lipinski definition) is 4. The predicted molar refractivity (Wildman–Crippen MR) is 123 cm³/mol. The number of rotatable bonds is 9. The van der Waals surface area contributed by atoms with Crippen molar-refractivity contribution in [3.63, 3.8) is 0 Å². The van der Waals surface area contributed by atoms with E-state index in [0.717, 1.165) is 11.1 Å². The maximum absolute atomic E-state index is 12.9. The second-order valence-corrected chi connectivity index (χ2v) is 9.50. The van der Waals surface area contributed by atoms with Gasteiger partial charge >= 0.3 is 0 Å². The molecule has 0 heterocycles. The normalized spacial score (nSPS) is 12.6. The summed E-state index contributed by atoms with van der Waals surface area (Å²) in [6.45, 7) is 4.28. The molecule has 0 bridgehead atoms. The first-order chi connectivity index (χ1) is 14.8. The summed E-state index contributed by atoms with van der Waals surface area (Å²) in [4.78, 5) is 12.8. The molecule has 0 saturated heterocycles. The molecule has 0 saturated carbocycles. The molecule has 3 aromatic carbocycles. The lowest BCUT2D eigenvalue weighted by Gasteiger charge is -2.22. The van der Waals surface area contributed by atoms with Crippen LogP contribution in [0.25, 0.3) is 0 Å². The van der Waals surface area contributed by atoms with Gasteiger partial charge in [0.2, 0.25) is 10.0 Å². The Labute approximate surface area is 184 Å². The van der Waals surface area contributed by atoms with Crippen molar-refractivity contribution in [2.75, 3.05) is 6.54 Å². The van der Waals surface area contributed by atoms with E-state index in [0.29, 0.717) is 17.5 Å². The van der Waals surface area contributed by atoms with Crippen LogP contribution in [-0.4, -0.2) is 20.7 Å². The van der Waals surface area contributed by atoms with Gasteiger partial charge in [0, 0.05) is 11.6 Å². The van der Waals surface area contributed by atoms with Crippen LogP contribution >= 0.6 is 0 Å². The monoisotopic (exact) mass is 436 g/mol. The summed E-state index contributed by atoms with van der Waals surface area (Å²) >= 11 is 0. The van der Waals surface area contributed by atoms with Gasteiger partial charge in [-0.1, -0.05) is 86.6 Å². The molecule has 3 aromatic rings. The first-order valence-electron chi connectivity index (χ1n) is 10.3. The van der Waals surface area contributed by atoms with E-state index in [4.69, 9.17) is 5.14 Å². The van der Waals surface area contributed by atoms with Gasteiger partial charge in [0.25, 0.3) is 0 Å². The van der Waals surface area contributed by atoms with E-state index in [1.807, 2.05) is 60.7 Å². The minimum atomic E-state index is -3.97. The Morgan fingerprint density at radius 2 is 1.55 bits per heavy atom. The topological polar surface area (TPSA) is 89.3 Å². The van der Waals surface area contributed by atoms with E-state index in [2.05, 4.69) is 19.2 Å². The highest BCUT2D eigenvalue weighted by atomic mass is 32.2. The van der Waals surface area contributed by atoms with Crippen molar-refractivity contribution >= 4 is 15.8 Å². The molecule has 0 aromatic heterocycles. The van der Waals surface area contributed by atoms with Gasteiger partial charge in [-0.3, -0.25) is 4.79 Å². The summed E-state index contributed by atoms with van der Waals surface area (Å²) in [6, 6.07) is 24.2. The number of sulfonamides is 1. The van der Waals surface area contributed by atoms with Gasteiger partial charge in [-0.15, -0.1) is 0 Å². The number of primary sulfonamides is 1. The largest absolute Gasteiger partial charge is 0.303 e. The number of Topliss-reactive ketones (excluding diaryl/α,β-unsaturated/α-hetero) is 1. The minimum Gasteiger partial charge on any atom is -0.303 e. The zero-order chi connectivity index (χ0) is 22.4. The van der Waals surface area contributed by atoms with Gasteiger partial charge in [-0.25, -0.2) is 13.6 Å². The zero-order valence-electron chi connectivity index (χ0n) is 17.8. The average Bonchev–Trinajstić information content (AvgIpc) is 2.74. The van der Waals surface area contributed by atoms with Crippen LogP contribution in [0.2, 0.25) is 0 Å². The predicted octanol–water partition coefficient (Wildman–Crippen LogP) is 4.09. The molecule has 0 amide bonds. The standard InChI is InChI=1S/C25H28N2O3S/c1-18(2)25(20-11-7-4-8-12-20)27-17-23(28)21-13-14-22(24(16-21)31(26,29)30)15-19-9-5-3-6-10-19/h3-14,16,18,25,27H,15,17H2,1-2H3,(H2,26,29,30). The lowest BCUT2D eigenvalue weighted by atomic mass is 9.95. The molecule has 0 radical (unpaired) electrons. The summed E-state index contributed by atoms with van der Waals surface area (Å²) in [5.74, 6) is 0.0983. The van der Waals surface area contributed by atoms with Crippen LogP contribution in [-0.2, 0) is 16.4 Å². The van der Waals surface area contributed by atoms with Crippen molar-refractivity contribution < 1.29 is 13.2 Å². The molecule has 0 spiro atoms. The van der Waals surface area contributed by atoms with Crippen molar-refractivity contribution in [1.29, 1.82) is 0 Å². The molecule has 31 heavy (non-hydrogen) atoms. The van der Waals surface area contributed by atoms with E-state index in [1.165, 1.54) is 6.07 Å². The first kappa shape index (κ1) is 22.9. The smallest absolute Gasteiger partial charge is 0.238 e. The van der Waals surface area contributed by atoms with Crippen molar-refractivity contribution in [1.82, 2.24) is 5.32 Å². The van der Waals surface area contributed by atoms with Crippen LogP contribution in [0.5, 0.6) is 0 Å². The Bertz CT molecular complexity index is 1130. The Morgan fingerprint density at radius 3 is 2.13 bits per heavy atom. The van der Waals surface area contributed by atoms with E-state index in [-0.39, 0.29) is 29.2 Å². The van der Waals surface area contributed by atoms with Crippen molar-refractivity contribution in [2.24, 2.45) is 11.1 Å².